The Bertz CT molecular complexity index is 67.1. The molecule has 50 valence electrons. The number of hydrogen-bond acceptors (Lipinski definition) is 1. The second-order valence-corrected chi connectivity index (χ2v) is 7.24. The molecule has 0 saturated carbocycles. The van der Waals surface area contributed by atoms with Crippen molar-refractivity contribution in [3.8, 4) is 0 Å². The molecule has 0 rings (SSSR count). The largest absolute Gasteiger partial charge is 0.403 e. The lowest BCUT2D eigenvalue weighted by molar-refractivity contribution is 0.382. The predicted molar refractivity (Wildman–Crippen MR) is 40.0 cm³/mol. The van der Waals surface area contributed by atoms with E-state index in [2.05, 4.69) is 0 Å². The summed E-state index contributed by atoms with van der Waals surface area (Å²) in [5, 5.41) is 0. The molecule has 0 atom stereocenters. The highest BCUT2D eigenvalue weighted by Crippen LogP contribution is 2.05. The van der Waals surface area contributed by atoms with Crippen LogP contribution >= 0.6 is 23.2 Å². The van der Waals surface area contributed by atoms with Crippen LogP contribution in [0.2, 0.25) is 13.1 Å². The van der Waals surface area contributed by atoms with Gasteiger partial charge in [0.2, 0.25) is 8.32 Å². The molecule has 4 heteroatoms. The zero-order chi connectivity index (χ0) is 6.62. The van der Waals surface area contributed by atoms with E-state index in [4.69, 9.17) is 27.6 Å². The van der Waals surface area contributed by atoms with Crippen molar-refractivity contribution in [2.45, 2.75) is 13.1 Å². The second kappa shape index (κ2) is 3.72. The fourth-order valence-electron chi connectivity index (χ4n) is 0.186. The van der Waals surface area contributed by atoms with Crippen LogP contribution in [0.15, 0.2) is 0 Å². The Hall–Kier alpha value is 0.757. The van der Waals surface area contributed by atoms with Crippen molar-refractivity contribution in [2.24, 2.45) is 0 Å². The van der Waals surface area contributed by atoms with Crippen LogP contribution in [0.1, 0.15) is 0 Å². The SMILES string of the molecule is C[Si](C)(CCl)OCCl. The molecule has 0 saturated heterocycles. The minimum Gasteiger partial charge on any atom is -0.403 e. The first kappa shape index (κ1) is 8.76. The van der Waals surface area contributed by atoms with Gasteiger partial charge in [0.05, 0.1) is 0 Å². The van der Waals surface area contributed by atoms with Gasteiger partial charge >= 0.3 is 0 Å². The molecule has 0 spiro atoms. The highest BCUT2D eigenvalue weighted by molar-refractivity contribution is 6.77. The topological polar surface area (TPSA) is 9.23 Å². The van der Waals surface area contributed by atoms with Gasteiger partial charge in [-0.3, -0.25) is 0 Å². The first-order valence-electron chi connectivity index (χ1n) is 2.38. The molecular weight excluding hydrogens is 163 g/mol. The van der Waals surface area contributed by atoms with Crippen LogP contribution in [0, 0.1) is 0 Å². The molecule has 0 bridgehead atoms. The number of alkyl halides is 2. The van der Waals surface area contributed by atoms with Gasteiger partial charge in [0.1, 0.15) is 6.07 Å². The van der Waals surface area contributed by atoms with Gasteiger partial charge in [-0.2, -0.15) is 0 Å². The Morgan fingerprint density at radius 1 is 1.38 bits per heavy atom. The lowest BCUT2D eigenvalue weighted by Gasteiger charge is -2.16. The monoisotopic (exact) mass is 172 g/mol. The Morgan fingerprint density at radius 2 is 1.88 bits per heavy atom. The third-order valence-corrected chi connectivity index (χ3v) is 4.56. The van der Waals surface area contributed by atoms with Gasteiger partial charge in [-0.1, -0.05) is 11.6 Å². The van der Waals surface area contributed by atoms with Crippen LogP contribution in [0.3, 0.4) is 0 Å². The van der Waals surface area contributed by atoms with Gasteiger partial charge in [0.15, 0.2) is 0 Å². The van der Waals surface area contributed by atoms with Gasteiger partial charge < -0.3 is 4.43 Å². The smallest absolute Gasteiger partial charge is 0.202 e. The Morgan fingerprint density at radius 3 is 2.00 bits per heavy atom. The molecule has 0 aromatic carbocycles. The molecule has 0 aliphatic rings. The van der Waals surface area contributed by atoms with E-state index in [1.54, 1.807) is 0 Å². The fourth-order valence-corrected chi connectivity index (χ4v) is 1.68. The fraction of sp³-hybridized carbons (Fsp3) is 1.00. The Balaban J connectivity index is 3.37. The van der Waals surface area contributed by atoms with Crippen LogP contribution in [0.5, 0.6) is 0 Å². The zero-order valence-electron chi connectivity index (χ0n) is 5.08. The van der Waals surface area contributed by atoms with Crippen LogP contribution in [-0.2, 0) is 4.43 Å². The summed E-state index contributed by atoms with van der Waals surface area (Å²) in [5.41, 5.74) is 0.611. The molecule has 0 fully saturated rings. The molecule has 0 unspecified atom stereocenters. The van der Waals surface area contributed by atoms with Crippen molar-refractivity contribution >= 4 is 31.5 Å². The Kier molecular flexibility index (Phi) is 4.07. The first-order chi connectivity index (χ1) is 3.62. The summed E-state index contributed by atoms with van der Waals surface area (Å²) in [6.45, 7) is 4.06. The van der Waals surface area contributed by atoms with Gasteiger partial charge in [-0.25, -0.2) is 0 Å². The summed E-state index contributed by atoms with van der Waals surface area (Å²) in [5.74, 6) is 0. The standard InChI is InChI=1S/C4H10Cl2OSi/c1-8(2,4-6)7-3-5/h3-4H2,1-2H3. The van der Waals surface area contributed by atoms with Crippen LogP contribution in [-0.4, -0.2) is 19.9 Å². The van der Waals surface area contributed by atoms with Crippen LogP contribution in [0.4, 0.5) is 0 Å². The van der Waals surface area contributed by atoms with E-state index in [1.807, 2.05) is 13.1 Å². The summed E-state index contributed by atoms with van der Waals surface area (Å²) < 4.78 is 5.15. The van der Waals surface area contributed by atoms with Crippen molar-refractivity contribution in [3.05, 3.63) is 0 Å². The lowest BCUT2D eigenvalue weighted by atomic mass is 11.7. The minimum absolute atomic E-state index is 0.270. The van der Waals surface area contributed by atoms with E-state index in [0.29, 0.717) is 5.50 Å². The van der Waals surface area contributed by atoms with Gasteiger partial charge in [-0.05, 0) is 13.1 Å². The molecule has 0 N–H and O–H groups in total. The van der Waals surface area contributed by atoms with Gasteiger partial charge in [0, 0.05) is 5.50 Å². The van der Waals surface area contributed by atoms with Crippen LogP contribution < -0.4 is 0 Å². The van der Waals surface area contributed by atoms with Crippen molar-refractivity contribution < 1.29 is 4.43 Å². The Labute approximate surface area is 61.1 Å². The minimum atomic E-state index is -1.54. The number of halogens is 2. The molecular formula is C4H10Cl2OSi. The molecule has 8 heavy (non-hydrogen) atoms. The van der Waals surface area contributed by atoms with Crippen molar-refractivity contribution in [1.29, 1.82) is 0 Å². The first-order valence-corrected chi connectivity index (χ1v) is 6.57. The molecule has 0 amide bonds. The lowest BCUT2D eigenvalue weighted by Crippen LogP contribution is -2.32. The maximum absolute atomic E-state index is 5.55. The quantitative estimate of drug-likeness (QED) is 0.469. The molecule has 0 radical (unpaired) electrons. The highest BCUT2D eigenvalue weighted by atomic mass is 35.5. The average Bonchev–Trinajstić information content (AvgIpc) is 1.67. The van der Waals surface area contributed by atoms with E-state index < -0.39 is 8.32 Å². The number of rotatable bonds is 3. The summed E-state index contributed by atoms with van der Waals surface area (Å²) in [6.07, 6.45) is 0. The molecule has 0 aromatic heterocycles. The summed E-state index contributed by atoms with van der Waals surface area (Å²) >= 11 is 10.9. The predicted octanol–water partition coefficient (Wildman–Crippen LogP) is 2.18. The van der Waals surface area contributed by atoms with E-state index in [1.165, 1.54) is 0 Å². The van der Waals surface area contributed by atoms with E-state index in [9.17, 15) is 0 Å². The highest BCUT2D eigenvalue weighted by Gasteiger charge is 2.19. The molecule has 0 heterocycles. The summed E-state index contributed by atoms with van der Waals surface area (Å²) in [7, 11) is -1.54. The van der Waals surface area contributed by atoms with Gasteiger partial charge in [0.25, 0.3) is 0 Å². The molecule has 0 aliphatic heterocycles. The summed E-state index contributed by atoms with van der Waals surface area (Å²) in [4.78, 5) is 0. The van der Waals surface area contributed by atoms with Crippen molar-refractivity contribution in [1.82, 2.24) is 0 Å². The van der Waals surface area contributed by atoms with Gasteiger partial charge in [-0.15, -0.1) is 11.6 Å². The molecule has 1 nitrogen and oxygen atoms in total. The average molecular weight is 173 g/mol. The van der Waals surface area contributed by atoms with E-state index >= 15 is 0 Å². The molecule has 0 aromatic rings. The van der Waals surface area contributed by atoms with Crippen molar-refractivity contribution in [3.63, 3.8) is 0 Å². The maximum Gasteiger partial charge on any atom is 0.202 e. The van der Waals surface area contributed by atoms with Crippen molar-refractivity contribution in [2.75, 3.05) is 11.6 Å². The normalized spacial score (nSPS) is 12.0. The van der Waals surface area contributed by atoms with E-state index in [-0.39, 0.29) is 6.07 Å². The van der Waals surface area contributed by atoms with Crippen LogP contribution in [0.25, 0.3) is 0 Å². The third kappa shape index (κ3) is 3.72. The maximum atomic E-state index is 5.55. The second-order valence-electron chi connectivity index (χ2n) is 2.15. The third-order valence-electron chi connectivity index (χ3n) is 0.767. The zero-order valence-corrected chi connectivity index (χ0v) is 7.59. The molecule has 0 aliphatic carbocycles. The number of hydrogen-bond donors (Lipinski definition) is 0. The van der Waals surface area contributed by atoms with E-state index in [0.717, 1.165) is 0 Å². The summed E-state index contributed by atoms with van der Waals surface area (Å²) in [6, 6.07) is 0.270.